The lowest BCUT2D eigenvalue weighted by molar-refractivity contribution is 0.283. The standard InChI is InChI=1S/C13H22N2O.2ClH/c1-11-10-12(6-7-13(11)14)15-8-4-2-3-5-9-16;;/h6-7,10,15-16H,2-5,8-9,14H2,1H3;2*1H. The number of hydrogen-bond acceptors (Lipinski definition) is 3. The zero-order chi connectivity index (χ0) is 11.8. The highest BCUT2D eigenvalue weighted by molar-refractivity contribution is 5.85. The highest BCUT2D eigenvalue weighted by Crippen LogP contribution is 2.16. The highest BCUT2D eigenvalue weighted by Gasteiger charge is 1.96. The van der Waals surface area contributed by atoms with E-state index in [1.807, 2.05) is 19.1 Å². The lowest BCUT2D eigenvalue weighted by Crippen LogP contribution is -2.02. The first-order chi connectivity index (χ1) is 7.74. The van der Waals surface area contributed by atoms with Crippen molar-refractivity contribution in [1.82, 2.24) is 0 Å². The summed E-state index contributed by atoms with van der Waals surface area (Å²) in [7, 11) is 0. The minimum atomic E-state index is 0. The van der Waals surface area contributed by atoms with E-state index in [4.69, 9.17) is 10.8 Å². The van der Waals surface area contributed by atoms with Gasteiger partial charge in [-0.15, -0.1) is 24.8 Å². The van der Waals surface area contributed by atoms with E-state index in [1.54, 1.807) is 0 Å². The maximum absolute atomic E-state index is 8.63. The summed E-state index contributed by atoms with van der Waals surface area (Å²) in [5.74, 6) is 0. The second kappa shape index (κ2) is 11.5. The average Bonchev–Trinajstić information content (AvgIpc) is 2.28. The Morgan fingerprint density at radius 1 is 1.11 bits per heavy atom. The van der Waals surface area contributed by atoms with Gasteiger partial charge in [0.15, 0.2) is 0 Å². The zero-order valence-electron chi connectivity index (χ0n) is 10.8. The van der Waals surface area contributed by atoms with Gasteiger partial charge in [-0.3, -0.25) is 0 Å². The molecule has 106 valence electrons. The van der Waals surface area contributed by atoms with Crippen molar-refractivity contribution in [1.29, 1.82) is 0 Å². The summed E-state index contributed by atoms with van der Waals surface area (Å²) in [6, 6.07) is 6.02. The van der Waals surface area contributed by atoms with Gasteiger partial charge in [0, 0.05) is 24.5 Å². The molecule has 0 fully saturated rings. The molecule has 1 rings (SSSR count). The van der Waals surface area contributed by atoms with Crippen molar-refractivity contribution in [2.75, 3.05) is 24.2 Å². The summed E-state index contributed by atoms with van der Waals surface area (Å²) in [4.78, 5) is 0. The molecule has 0 atom stereocenters. The van der Waals surface area contributed by atoms with Gasteiger partial charge in [-0.05, 0) is 43.5 Å². The SMILES string of the molecule is Cc1cc(NCCCCCCO)ccc1N.Cl.Cl. The van der Waals surface area contributed by atoms with Crippen molar-refractivity contribution in [2.45, 2.75) is 32.6 Å². The molecule has 0 bridgehead atoms. The smallest absolute Gasteiger partial charge is 0.0431 e. The van der Waals surface area contributed by atoms with Crippen LogP contribution in [0.3, 0.4) is 0 Å². The Morgan fingerprint density at radius 2 is 1.78 bits per heavy atom. The second-order valence-corrected chi connectivity index (χ2v) is 4.14. The number of nitrogen functional groups attached to an aromatic ring is 1. The summed E-state index contributed by atoms with van der Waals surface area (Å²) in [6.07, 6.45) is 4.34. The van der Waals surface area contributed by atoms with E-state index in [9.17, 15) is 0 Å². The fourth-order valence-corrected chi connectivity index (χ4v) is 1.61. The van der Waals surface area contributed by atoms with Crippen LogP contribution in [0.2, 0.25) is 0 Å². The van der Waals surface area contributed by atoms with Crippen LogP contribution >= 0.6 is 24.8 Å². The first kappa shape index (κ1) is 19.7. The first-order valence-electron chi connectivity index (χ1n) is 5.95. The topological polar surface area (TPSA) is 58.3 Å². The summed E-state index contributed by atoms with van der Waals surface area (Å²) < 4.78 is 0. The minimum Gasteiger partial charge on any atom is -0.399 e. The molecule has 1 aromatic rings. The molecule has 1 aromatic carbocycles. The summed E-state index contributed by atoms with van der Waals surface area (Å²) in [5, 5.41) is 12.0. The van der Waals surface area contributed by atoms with Gasteiger partial charge in [0.05, 0.1) is 0 Å². The molecular formula is C13H24Cl2N2O. The first-order valence-corrected chi connectivity index (χ1v) is 5.95. The monoisotopic (exact) mass is 294 g/mol. The molecule has 0 amide bonds. The zero-order valence-corrected chi connectivity index (χ0v) is 12.4. The number of aryl methyl sites for hydroxylation is 1. The molecule has 0 unspecified atom stereocenters. The van der Waals surface area contributed by atoms with Crippen LogP contribution in [-0.4, -0.2) is 18.3 Å². The largest absolute Gasteiger partial charge is 0.399 e. The Bertz CT molecular complexity index is 322. The maximum Gasteiger partial charge on any atom is 0.0431 e. The van der Waals surface area contributed by atoms with E-state index in [-0.39, 0.29) is 24.8 Å². The van der Waals surface area contributed by atoms with Crippen molar-refractivity contribution < 1.29 is 5.11 Å². The molecule has 0 heterocycles. The predicted octanol–water partition coefficient (Wildman–Crippen LogP) is 3.39. The van der Waals surface area contributed by atoms with Gasteiger partial charge in [-0.2, -0.15) is 0 Å². The van der Waals surface area contributed by atoms with Crippen LogP contribution in [-0.2, 0) is 0 Å². The van der Waals surface area contributed by atoms with Crippen LogP contribution in [0.4, 0.5) is 11.4 Å². The molecule has 0 aliphatic heterocycles. The Hall–Kier alpha value is -0.640. The molecule has 0 saturated heterocycles. The van der Waals surface area contributed by atoms with Crippen molar-refractivity contribution in [3.8, 4) is 0 Å². The third-order valence-corrected chi connectivity index (χ3v) is 2.68. The Morgan fingerprint density at radius 3 is 2.39 bits per heavy atom. The maximum atomic E-state index is 8.63. The molecule has 0 aliphatic carbocycles. The Kier molecular flexibility index (Phi) is 12.5. The number of aliphatic hydroxyl groups is 1. The number of hydrogen-bond donors (Lipinski definition) is 3. The number of anilines is 2. The number of rotatable bonds is 7. The van der Waals surface area contributed by atoms with Gasteiger partial charge in [-0.1, -0.05) is 12.8 Å². The van der Waals surface area contributed by atoms with Crippen LogP contribution in [0.1, 0.15) is 31.2 Å². The molecule has 0 aliphatic rings. The van der Waals surface area contributed by atoms with Crippen molar-refractivity contribution in [3.05, 3.63) is 23.8 Å². The minimum absolute atomic E-state index is 0. The highest BCUT2D eigenvalue weighted by atomic mass is 35.5. The number of benzene rings is 1. The summed E-state index contributed by atoms with van der Waals surface area (Å²) >= 11 is 0. The van der Waals surface area contributed by atoms with Crippen molar-refractivity contribution in [2.24, 2.45) is 0 Å². The van der Waals surface area contributed by atoms with Crippen molar-refractivity contribution in [3.63, 3.8) is 0 Å². The van der Waals surface area contributed by atoms with Crippen LogP contribution in [0.5, 0.6) is 0 Å². The molecule has 3 nitrogen and oxygen atoms in total. The van der Waals surface area contributed by atoms with Gasteiger partial charge in [0.2, 0.25) is 0 Å². The second-order valence-electron chi connectivity index (χ2n) is 4.14. The fourth-order valence-electron chi connectivity index (χ4n) is 1.61. The summed E-state index contributed by atoms with van der Waals surface area (Å²) in [5.41, 5.74) is 8.84. The van der Waals surface area contributed by atoms with Crippen LogP contribution in [0.15, 0.2) is 18.2 Å². The third-order valence-electron chi connectivity index (χ3n) is 2.68. The van der Waals surface area contributed by atoms with E-state index in [1.165, 1.54) is 6.42 Å². The lowest BCUT2D eigenvalue weighted by atomic mass is 10.1. The quantitative estimate of drug-likeness (QED) is 0.534. The Balaban J connectivity index is 0. The molecule has 5 heteroatoms. The van der Waals surface area contributed by atoms with Gasteiger partial charge < -0.3 is 16.2 Å². The van der Waals surface area contributed by atoms with E-state index in [0.717, 1.165) is 42.7 Å². The molecular weight excluding hydrogens is 271 g/mol. The van der Waals surface area contributed by atoms with Crippen LogP contribution in [0.25, 0.3) is 0 Å². The van der Waals surface area contributed by atoms with Crippen molar-refractivity contribution >= 4 is 36.2 Å². The normalized spacial score (nSPS) is 9.22. The molecule has 0 saturated carbocycles. The Labute approximate surface area is 122 Å². The van der Waals surface area contributed by atoms with Gasteiger partial charge in [0.25, 0.3) is 0 Å². The van der Waals surface area contributed by atoms with Crippen LogP contribution < -0.4 is 11.1 Å². The summed E-state index contributed by atoms with van der Waals surface area (Å²) in [6.45, 7) is 3.31. The van der Waals surface area contributed by atoms with Gasteiger partial charge in [0.1, 0.15) is 0 Å². The number of unbranched alkanes of at least 4 members (excludes halogenated alkanes) is 3. The lowest BCUT2D eigenvalue weighted by Gasteiger charge is -2.08. The number of aliphatic hydroxyl groups excluding tert-OH is 1. The molecule has 18 heavy (non-hydrogen) atoms. The number of nitrogens with one attached hydrogen (secondary N) is 1. The molecule has 0 spiro atoms. The molecule has 0 aromatic heterocycles. The third kappa shape index (κ3) is 7.64. The molecule has 4 N–H and O–H groups in total. The van der Waals surface area contributed by atoms with E-state index in [2.05, 4.69) is 11.4 Å². The van der Waals surface area contributed by atoms with Gasteiger partial charge >= 0.3 is 0 Å². The van der Waals surface area contributed by atoms with Gasteiger partial charge in [-0.25, -0.2) is 0 Å². The predicted molar refractivity (Wildman–Crippen MR) is 84.1 cm³/mol. The fraction of sp³-hybridized carbons (Fsp3) is 0.538. The van der Waals surface area contributed by atoms with E-state index in [0.29, 0.717) is 6.61 Å². The molecule has 0 radical (unpaired) electrons. The number of halogens is 2. The van der Waals surface area contributed by atoms with E-state index < -0.39 is 0 Å². The van der Waals surface area contributed by atoms with Crippen LogP contribution in [0, 0.1) is 6.92 Å². The average molecular weight is 295 g/mol. The van der Waals surface area contributed by atoms with E-state index >= 15 is 0 Å². The number of nitrogens with two attached hydrogens (primary N) is 1.